The molecule has 0 aromatic heterocycles. The number of hydrogen-bond acceptors (Lipinski definition) is 3. The van der Waals surface area contributed by atoms with E-state index in [-0.39, 0.29) is 0 Å². The maximum atomic E-state index is 6.48. The minimum absolute atomic E-state index is 0.656. The first-order chi connectivity index (χ1) is 10.2. The largest absolute Gasteiger partial charge is 0.372 e. The van der Waals surface area contributed by atoms with Gasteiger partial charge in [0.2, 0.25) is 0 Å². The van der Waals surface area contributed by atoms with Crippen molar-refractivity contribution in [2.24, 2.45) is 0 Å². The molecular weight excluding hydrogens is 282 g/mol. The zero-order chi connectivity index (χ0) is 15.2. The summed E-state index contributed by atoms with van der Waals surface area (Å²) >= 11 is 6.48. The highest BCUT2D eigenvalue weighted by Crippen LogP contribution is 2.30. The Morgan fingerprint density at radius 3 is 2.90 bits per heavy atom. The van der Waals surface area contributed by atoms with Crippen LogP contribution in [0.1, 0.15) is 32.3 Å². The first kappa shape index (κ1) is 16.6. The summed E-state index contributed by atoms with van der Waals surface area (Å²) in [6.45, 7) is 9.67. The summed E-state index contributed by atoms with van der Waals surface area (Å²) in [7, 11) is 2.17. The monoisotopic (exact) mass is 309 g/mol. The van der Waals surface area contributed by atoms with E-state index in [1.54, 1.807) is 0 Å². The molecule has 3 nitrogen and oxygen atoms in total. The Morgan fingerprint density at radius 2 is 2.19 bits per heavy atom. The Morgan fingerprint density at radius 1 is 1.38 bits per heavy atom. The molecule has 1 aliphatic heterocycles. The molecule has 2 rings (SSSR count). The summed E-state index contributed by atoms with van der Waals surface area (Å²) in [5, 5.41) is 4.26. The first-order valence-electron chi connectivity index (χ1n) is 8.10. The molecule has 1 aromatic rings. The average molecular weight is 310 g/mol. The molecule has 4 heteroatoms. The van der Waals surface area contributed by atoms with Crippen molar-refractivity contribution in [2.45, 2.75) is 39.3 Å². The number of benzene rings is 1. The fraction of sp³-hybridized carbons (Fsp3) is 0.647. The zero-order valence-corrected chi connectivity index (χ0v) is 14.3. The SMILES string of the molecule is CCNCc1cccc(Cl)c1N(C)CC1CCCN1CC. The number of anilines is 1. The predicted molar refractivity (Wildman–Crippen MR) is 92.4 cm³/mol. The van der Waals surface area contributed by atoms with Gasteiger partial charge in [-0.25, -0.2) is 0 Å². The van der Waals surface area contributed by atoms with E-state index in [4.69, 9.17) is 11.6 Å². The Hall–Kier alpha value is -0.770. The molecule has 1 aromatic carbocycles. The van der Waals surface area contributed by atoms with E-state index in [0.29, 0.717) is 6.04 Å². The number of nitrogens with one attached hydrogen (secondary N) is 1. The van der Waals surface area contributed by atoms with Gasteiger partial charge in [-0.3, -0.25) is 4.90 Å². The van der Waals surface area contributed by atoms with Gasteiger partial charge in [0.15, 0.2) is 0 Å². The van der Waals surface area contributed by atoms with E-state index in [2.05, 4.69) is 42.1 Å². The lowest BCUT2D eigenvalue weighted by Gasteiger charge is -2.31. The Labute approximate surface area is 134 Å². The van der Waals surface area contributed by atoms with Crippen molar-refractivity contribution in [1.29, 1.82) is 0 Å². The van der Waals surface area contributed by atoms with Crippen molar-refractivity contribution in [3.05, 3.63) is 28.8 Å². The number of para-hydroxylation sites is 1. The second-order valence-electron chi connectivity index (χ2n) is 5.83. The third-order valence-electron chi connectivity index (χ3n) is 4.41. The van der Waals surface area contributed by atoms with Crippen molar-refractivity contribution >= 4 is 17.3 Å². The molecule has 1 aliphatic rings. The smallest absolute Gasteiger partial charge is 0.0642 e. The fourth-order valence-electron chi connectivity index (χ4n) is 3.32. The van der Waals surface area contributed by atoms with Crippen molar-refractivity contribution in [3.63, 3.8) is 0 Å². The molecule has 0 amide bonds. The van der Waals surface area contributed by atoms with Gasteiger partial charge in [0.1, 0.15) is 0 Å². The van der Waals surface area contributed by atoms with Crippen LogP contribution in [0.15, 0.2) is 18.2 Å². The minimum Gasteiger partial charge on any atom is -0.372 e. The van der Waals surface area contributed by atoms with Gasteiger partial charge in [0.25, 0.3) is 0 Å². The van der Waals surface area contributed by atoms with Gasteiger partial charge in [-0.1, -0.05) is 37.6 Å². The lowest BCUT2D eigenvalue weighted by atomic mass is 10.1. The fourth-order valence-corrected chi connectivity index (χ4v) is 3.65. The lowest BCUT2D eigenvalue weighted by molar-refractivity contribution is 0.270. The molecular formula is C17H28ClN3. The van der Waals surface area contributed by atoms with E-state index < -0.39 is 0 Å². The molecule has 118 valence electrons. The van der Waals surface area contributed by atoms with Gasteiger partial charge in [0, 0.05) is 26.2 Å². The molecule has 0 radical (unpaired) electrons. The van der Waals surface area contributed by atoms with Crippen LogP contribution in [0, 0.1) is 0 Å². The van der Waals surface area contributed by atoms with Crippen molar-refractivity contribution in [3.8, 4) is 0 Å². The highest BCUT2D eigenvalue weighted by atomic mass is 35.5. The van der Waals surface area contributed by atoms with Gasteiger partial charge in [0.05, 0.1) is 10.7 Å². The zero-order valence-electron chi connectivity index (χ0n) is 13.5. The van der Waals surface area contributed by atoms with Crippen molar-refractivity contribution in [1.82, 2.24) is 10.2 Å². The predicted octanol–water partition coefficient (Wildman–Crippen LogP) is 3.37. The van der Waals surface area contributed by atoms with Crippen molar-refractivity contribution < 1.29 is 0 Å². The highest BCUT2D eigenvalue weighted by molar-refractivity contribution is 6.33. The number of likely N-dealkylation sites (N-methyl/N-ethyl adjacent to an activating group) is 2. The first-order valence-corrected chi connectivity index (χ1v) is 8.48. The quantitative estimate of drug-likeness (QED) is 0.833. The molecule has 0 spiro atoms. The molecule has 1 atom stereocenters. The third kappa shape index (κ3) is 4.12. The summed E-state index contributed by atoms with van der Waals surface area (Å²) in [6, 6.07) is 6.87. The number of nitrogens with zero attached hydrogens (tertiary/aromatic N) is 2. The molecule has 1 saturated heterocycles. The Kier molecular flexibility index (Phi) is 6.34. The molecule has 1 N–H and O–H groups in total. The summed E-state index contributed by atoms with van der Waals surface area (Å²) in [6.07, 6.45) is 2.62. The summed E-state index contributed by atoms with van der Waals surface area (Å²) in [5.74, 6) is 0. The van der Waals surface area contributed by atoms with Crippen LogP contribution < -0.4 is 10.2 Å². The molecule has 1 heterocycles. The van der Waals surface area contributed by atoms with Crippen LogP contribution in [-0.2, 0) is 6.54 Å². The van der Waals surface area contributed by atoms with E-state index in [0.717, 1.165) is 31.2 Å². The average Bonchev–Trinajstić information content (AvgIpc) is 2.92. The molecule has 0 saturated carbocycles. The maximum Gasteiger partial charge on any atom is 0.0642 e. The van der Waals surface area contributed by atoms with Gasteiger partial charge >= 0.3 is 0 Å². The van der Waals surface area contributed by atoms with Gasteiger partial charge in [-0.05, 0) is 44.1 Å². The summed E-state index contributed by atoms with van der Waals surface area (Å²) in [4.78, 5) is 4.92. The molecule has 21 heavy (non-hydrogen) atoms. The number of halogens is 1. The van der Waals surface area contributed by atoms with E-state index in [1.165, 1.54) is 30.6 Å². The van der Waals surface area contributed by atoms with Gasteiger partial charge in [-0.2, -0.15) is 0 Å². The van der Waals surface area contributed by atoms with Crippen molar-refractivity contribution in [2.75, 3.05) is 38.1 Å². The van der Waals surface area contributed by atoms with Crippen LogP contribution in [0.3, 0.4) is 0 Å². The van der Waals surface area contributed by atoms with Crippen LogP contribution >= 0.6 is 11.6 Å². The van der Waals surface area contributed by atoms with Crippen LogP contribution in [0.25, 0.3) is 0 Å². The van der Waals surface area contributed by atoms with E-state index in [9.17, 15) is 0 Å². The number of likely N-dealkylation sites (tertiary alicyclic amines) is 1. The molecule has 1 unspecified atom stereocenters. The molecule has 1 fully saturated rings. The minimum atomic E-state index is 0.656. The van der Waals surface area contributed by atoms with Crippen LogP contribution in [0.5, 0.6) is 0 Å². The molecule has 0 aliphatic carbocycles. The Balaban J connectivity index is 2.12. The summed E-state index contributed by atoms with van der Waals surface area (Å²) < 4.78 is 0. The van der Waals surface area contributed by atoms with Crippen LogP contribution in [0.4, 0.5) is 5.69 Å². The second kappa shape index (κ2) is 8.02. The highest BCUT2D eigenvalue weighted by Gasteiger charge is 2.25. The topological polar surface area (TPSA) is 18.5 Å². The second-order valence-corrected chi connectivity index (χ2v) is 6.24. The third-order valence-corrected chi connectivity index (χ3v) is 4.71. The standard InChI is InChI=1S/C17H28ClN3/c1-4-19-12-14-8-6-10-16(18)17(14)20(3)13-15-9-7-11-21(15)5-2/h6,8,10,15,19H,4-5,7,9,11-13H2,1-3H3. The lowest BCUT2D eigenvalue weighted by Crippen LogP contribution is -2.39. The number of hydrogen-bond donors (Lipinski definition) is 1. The summed E-state index contributed by atoms with van der Waals surface area (Å²) in [5.41, 5.74) is 2.47. The number of rotatable bonds is 7. The van der Waals surface area contributed by atoms with Crippen LogP contribution in [-0.4, -0.2) is 44.2 Å². The van der Waals surface area contributed by atoms with Gasteiger partial charge < -0.3 is 10.2 Å². The van der Waals surface area contributed by atoms with Gasteiger partial charge in [-0.15, -0.1) is 0 Å². The normalized spacial score (nSPS) is 19.1. The van der Waals surface area contributed by atoms with E-state index in [1.807, 2.05) is 12.1 Å². The van der Waals surface area contributed by atoms with E-state index >= 15 is 0 Å². The van der Waals surface area contributed by atoms with Crippen LogP contribution in [0.2, 0.25) is 5.02 Å². The molecule has 0 bridgehead atoms. The maximum absolute atomic E-state index is 6.48. The Bertz CT molecular complexity index is 450.